The zero-order valence-corrected chi connectivity index (χ0v) is 20.4. The first-order valence-electron chi connectivity index (χ1n) is 10.6. The number of halogens is 1. The van der Waals surface area contributed by atoms with E-state index in [1.165, 1.54) is 38.5 Å². The van der Waals surface area contributed by atoms with Gasteiger partial charge in [0.25, 0.3) is 0 Å². The first-order valence-corrected chi connectivity index (χ1v) is 10.6. The Morgan fingerprint density at radius 3 is 2.57 bits per heavy atom. The van der Waals surface area contributed by atoms with Crippen LogP contribution in [0.5, 0.6) is 0 Å². The topological polar surface area (TPSA) is 76.4 Å². The lowest BCUT2D eigenvalue weighted by Gasteiger charge is -2.30. The Kier molecular flexibility index (Phi) is 12.7. The molecule has 0 atom stereocenters. The second-order valence-corrected chi connectivity index (χ2v) is 7.52. The predicted molar refractivity (Wildman–Crippen MR) is 125 cm³/mol. The minimum Gasteiger partial charge on any atom is -0.382 e. The fourth-order valence-corrected chi connectivity index (χ4v) is 3.61. The molecule has 1 aliphatic carbocycles. The van der Waals surface area contributed by atoms with Gasteiger partial charge in [0.15, 0.2) is 11.8 Å². The van der Waals surface area contributed by atoms with Crippen molar-refractivity contribution >= 4 is 29.9 Å². The molecular weight excluding hydrogens is 467 g/mol. The van der Waals surface area contributed by atoms with Crippen molar-refractivity contribution in [3.8, 4) is 0 Å². The zero-order valence-electron chi connectivity index (χ0n) is 18.0. The summed E-state index contributed by atoms with van der Waals surface area (Å²) >= 11 is 0. The molecule has 1 aromatic heterocycles. The van der Waals surface area contributed by atoms with Gasteiger partial charge in [-0.2, -0.15) is 0 Å². The molecule has 7 nitrogen and oxygen atoms in total. The van der Waals surface area contributed by atoms with Crippen molar-refractivity contribution < 1.29 is 4.74 Å². The molecule has 0 aliphatic heterocycles. The molecule has 1 aromatic rings. The smallest absolute Gasteiger partial charge is 0.191 e. The summed E-state index contributed by atoms with van der Waals surface area (Å²) < 4.78 is 7.42. The number of ether oxygens (including phenoxy) is 1. The summed E-state index contributed by atoms with van der Waals surface area (Å²) in [6, 6.07) is 0.512. The summed E-state index contributed by atoms with van der Waals surface area (Å²) in [5, 5.41) is 15.4. The number of guanidine groups is 1. The maximum atomic E-state index is 5.43. The third kappa shape index (κ3) is 8.63. The predicted octanol–water partition coefficient (Wildman–Crippen LogP) is 3.56. The molecule has 0 amide bonds. The molecule has 0 radical (unpaired) electrons. The van der Waals surface area contributed by atoms with E-state index in [0.29, 0.717) is 12.6 Å². The average Bonchev–Trinajstić information content (AvgIpc) is 2.99. The molecule has 1 heterocycles. The minimum absolute atomic E-state index is 0. The van der Waals surface area contributed by atoms with E-state index in [1.807, 2.05) is 25.5 Å². The van der Waals surface area contributed by atoms with Crippen LogP contribution in [0.1, 0.15) is 70.4 Å². The molecule has 0 spiro atoms. The SMILES string of the molecule is CCCC1CCC(NC(=NCc2nnc(C)n2C)NCCCOCC)CC1.I. The first-order chi connectivity index (χ1) is 13.1. The molecule has 1 fully saturated rings. The van der Waals surface area contributed by atoms with Crippen molar-refractivity contribution in [2.75, 3.05) is 19.8 Å². The molecular formula is C20H39IN6O. The van der Waals surface area contributed by atoms with Crippen molar-refractivity contribution in [2.45, 2.75) is 78.3 Å². The monoisotopic (exact) mass is 506 g/mol. The Hall–Kier alpha value is -0.900. The van der Waals surface area contributed by atoms with E-state index < -0.39 is 0 Å². The minimum atomic E-state index is 0. The van der Waals surface area contributed by atoms with Gasteiger partial charge in [-0.1, -0.05) is 19.8 Å². The Morgan fingerprint density at radius 1 is 1.21 bits per heavy atom. The molecule has 2 rings (SSSR count). The number of hydrogen-bond donors (Lipinski definition) is 2. The Bertz CT molecular complexity index is 569. The Balaban J connectivity index is 0.00000392. The average molecular weight is 506 g/mol. The van der Waals surface area contributed by atoms with E-state index in [0.717, 1.165) is 49.7 Å². The molecule has 1 saturated carbocycles. The van der Waals surface area contributed by atoms with E-state index in [4.69, 9.17) is 9.73 Å². The van der Waals surface area contributed by atoms with Crippen molar-refractivity contribution in [3.05, 3.63) is 11.6 Å². The lowest BCUT2D eigenvalue weighted by molar-refractivity contribution is 0.145. The van der Waals surface area contributed by atoms with Gasteiger partial charge in [0.1, 0.15) is 12.4 Å². The fourth-order valence-electron chi connectivity index (χ4n) is 3.61. The van der Waals surface area contributed by atoms with Crippen LogP contribution in [0.2, 0.25) is 0 Å². The number of aliphatic imine (C=N–C) groups is 1. The van der Waals surface area contributed by atoms with Gasteiger partial charge in [-0.25, -0.2) is 4.99 Å². The second-order valence-electron chi connectivity index (χ2n) is 7.52. The molecule has 0 saturated heterocycles. The molecule has 1 aliphatic rings. The molecule has 0 unspecified atom stereocenters. The fraction of sp³-hybridized carbons (Fsp3) is 0.850. The van der Waals surface area contributed by atoms with Crippen LogP contribution < -0.4 is 10.6 Å². The molecule has 2 N–H and O–H groups in total. The highest BCUT2D eigenvalue weighted by Crippen LogP contribution is 2.27. The largest absolute Gasteiger partial charge is 0.382 e. The third-order valence-corrected chi connectivity index (χ3v) is 5.41. The van der Waals surface area contributed by atoms with Gasteiger partial charge >= 0.3 is 0 Å². The van der Waals surface area contributed by atoms with Crippen LogP contribution in [0, 0.1) is 12.8 Å². The van der Waals surface area contributed by atoms with Gasteiger partial charge in [-0.3, -0.25) is 0 Å². The van der Waals surface area contributed by atoms with Crippen molar-refractivity contribution in [1.82, 2.24) is 25.4 Å². The lowest BCUT2D eigenvalue weighted by atomic mass is 9.83. The second kappa shape index (κ2) is 14.1. The van der Waals surface area contributed by atoms with E-state index in [9.17, 15) is 0 Å². The van der Waals surface area contributed by atoms with Gasteiger partial charge in [0, 0.05) is 32.8 Å². The van der Waals surface area contributed by atoms with Crippen molar-refractivity contribution in [1.29, 1.82) is 0 Å². The van der Waals surface area contributed by atoms with E-state index >= 15 is 0 Å². The normalized spacial score (nSPS) is 19.9. The van der Waals surface area contributed by atoms with Crippen molar-refractivity contribution in [3.63, 3.8) is 0 Å². The van der Waals surface area contributed by atoms with Crippen LogP contribution in [0.4, 0.5) is 0 Å². The van der Waals surface area contributed by atoms with Crippen LogP contribution in [0.15, 0.2) is 4.99 Å². The molecule has 28 heavy (non-hydrogen) atoms. The summed E-state index contributed by atoms with van der Waals surface area (Å²) in [6.07, 6.45) is 8.75. The van der Waals surface area contributed by atoms with Gasteiger partial charge < -0.3 is 19.9 Å². The summed E-state index contributed by atoms with van der Waals surface area (Å²) in [5.41, 5.74) is 0. The zero-order chi connectivity index (χ0) is 19.5. The molecule has 0 aromatic carbocycles. The van der Waals surface area contributed by atoms with Crippen LogP contribution >= 0.6 is 24.0 Å². The van der Waals surface area contributed by atoms with Crippen LogP contribution in [0.25, 0.3) is 0 Å². The number of nitrogens with one attached hydrogen (secondary N) is 2. The van der Waals surface area contributed by atoms with Crippen LogP contribution in [-0.2, 0) is 18.3 Å². The van der Waals surface area contributed by atoms with Gasteiger partial charge in [-0.05, 0) is 51.9 Å². The third-order valence-electron chi connectivity index (χ3n) is 5.41. The highest BCUT2D eigenvalue weighted by molar-refractivity contribution is 14.0. The molecule has 162 valence electrons. The summed E-state index contributed by atoms with van der Waals surface area (Å²) in [5.74, 6) is 3.59. The number of hydrogen-bond acceptors (Lipinski definition) is 4. The highest BCUT2D eigenvalue weighted by atomic mass is 127. The summed E-state index contributed by atoms with van der Waals surface area (Å²) in [4.78, 5) is 4.77. The van der Waals surface area contributed by atoms with E-state index in [2.05, 4.69) is 27.8 Å². The van der Waals surface area contributed by atoms with E-state index in [-0.39, 0.29) is 24.0 Å². The lowest BCUT2D eigenvalue weighted by Crippen LogP contribution is -2.45. The molecule has 8 heteroatoms. The maximum absolute atomic E-state index is 5.43. The maximum Gasteiger partial charge on any atom is 0.191 e. The van der Waals surface area contributed by atoms with Crippen LogP contribution in [-0.4, -0.2) is 46.5 Å². The van der Waals surface area contributed by atoms with Gasteiger partial charge in [-0.15, -0.1) is 34.2 Å². The summed E-state index contributed by atoms with van der Waals surface area (Å²) in [6.45, 7) is 9.21. The highest BCUT2D eigenvalue weighted by Gasteiger charge is 2.21. The quantitative estimate of drug-likeness (QED) is 0.220. The van der Waals surface area contributed by atoms with Gasteiger partial charge in [0.2, 0.25) is 0 Å². The number of rotatable bonds is 10. The van der Waals surface area contributed by atoms with E-state index in [1.54, 1.807) is 0 Å². The number of nitrogens with zero attached hydrogens (tertiary/aromatic N) is 4. The number of aryl methyl sites for hydroxylation is 1. The first kappa shape index (κ1) is 25.1. The van der Waals surface area contributed by atoms with Crippen LogP contribution in [0.3, 0.4) is 0 Å². The standard InChI is InChI=1S/C20H38N6O.HI/c1-5-8-17-9-11-18(12-10-17)23-20(21-13-7-14-27-6-2)22-15-19-25-24-16(3)26(19)4;/h17-18H,5-15H2,1-4H3,(H2,21,22,23);1H. The van der Waals surface area contributed by atoms with Crippen molar-refractivity contribution in [2.24, 2.45) is 18.0 Å². The summed E-state index contributed by atoms with van der Waals surface area (Å²) in [7, 11) is 1.98. The Labute approximate surface area is 187 Å². The number of aromatic nitrogens is 3. The molecule has 0 bridgehead atoms. The van der Waals surface area contributed by atoms with Gasteiger partial charge in [0.05, 0.1) is 0 Å². The Morgan fingerprint density at radius 2 is 1.96 bits per heavy atom.